The Kier molecular flexibility index (Phi) is 8.95. The number of rotatable bonds is 10. The molecule has 0 saturated carbocycles. The predicted molar refractivity (Wildman–Crippen MR) is 150 cm³/mol. The summed E-state index contributed by atoms with van der Waals surface area (Å²) < 4.78 is 48.3. The topological polar surface area (TPSA) is 135 Å². The van der Waals surface area contributed by atoms with Crippen molar-refractivity contribution in [1.82, 2.24) is 14.5 Å². The largest absolute Gasteiger partial charge is 0.493 e. The van der Waals surface area contributed by atoms with Gasteiger partial charge in [-0.2, -0.15) is 14.6 Å². The fraction of sp³-hybridized carbons (Fsp3) is 0.267. The SMILES string of the molecule is CCCCc1nc(=O)c(S(=O)(=O)c2ccc(-c3ccnc(F)c3C)cc2)c(O)n1C(COC)c1cccc(C#N)c1. The van der Waals surface area contributed by atoms with E-state index in [0.717, 1.165) is 6.42 Å². The zero-order valence-corrected chi connectivity index (χ0v) is 23.7. The summed E-state index contributed by atoms with van der Waals surface area (Å²) in [5.41, 5.74) is 1.25. The lowest BCUT2D eigenvalue weighted by Gasteiger charge is -2.25. The Morgan fingerprint density at radius 2 is 1.90 bits per heavy atom. The molecule has 2 heterocycles. The Morgan fingerprint density at radius 3 is 2.56 bits per heavy atom. The number of nitrogens with zero attached hydrogens (tertiary/aromatic N) is 4. The normalized spacial score (nSPS) is 12.2. The van der Waals surface area contributed by atoms with Gasteiger partial charge in [0.05, 0.1) is 29.2 Å². The molecule has 0 aliphatic heterocycles. The summed E-state index contributed by atoms with van der Waals surface area (Å²) in [6.07, 6.45) is 3.01. The van der Waals surface area contributed by atoms with Crippen LogP contribution < -0.4 is 5.56 Å². The zero-order chi connectivity index (χ0) is 29.7. The van der Waals surface area contributed by atoms with E-state index >= 15 is 0 Å². The maximum Gasteiger partial charge on any atom is 0.296 e. The molecule has 0 radical (unpaired) electrons. The summed E-state index contributed by atoms with van der Waals surface area (Å²) in [6, 6.07) is 15.1. The van der Waals surface area contributed by atoms with E-state index < -0.39 is 38.2 Å². The Morgan fingerprint density at radius 1 is 1.17 bits per heavy atom. The Hall–Kier alpha value is -4.40. The molecular formula is C30H29FN4O5S. The van der Waals surface area contributed by atoms with E-state index in [1.807, 2.05) is 6.92 Å². The Balaban J connectivity index is 1.89. The van der Waals surface area contributed by atoms with Crippen molar-refractivity contribution < 1.29 is 22.7 Å². The van der Waals surface area contributed by atoms with Crippen LogP contribution in [0.15, 0.2) is 75.4 Å². The number of aromatic nitrogens is 3. The van der Waals surface area contributed by atoms with Crippen molar-refractivity contribution in [3.05, 3.63) is 99.6 Å². The number of unbranched alkanes of at least 4 members (excludes halogenated alkanes) is 1. The number of aromatic hydroxyl groups is 1. The highest BCUT2D eigenvalue weighted by Crippen LogP contribution is 2.33. The minimum absolute atomic E-state index is 0.00213. The molecule has 9 nitrogen and oxygen atoms in total. The van der Waals surface area contributed by atoms with Crippen LogP contribution in [0.2, 0.25) is 0 Å². The highest BCUT2D eigenvalue weighted by Gasteiger charge is 2.32. The van der Waals surface area contributed by atoms with Gasteiger partial charge in [0.2, 0.25) is 21.7 Å². The summed E-state index contributed by atoms with van der Waals surface area (Å²) in [5, 5.41) is 20.9. The molecule has 0 spiro atoms. The molecule has 0 fully saturated rings. The van der Waals surface area contributed by atoms with Gasteiger partial charge in [-0.15, -0.1) is 0 Å². The Labute approximate surface area is 237 Å². The van der Waals surface area contributed by atoms with Crippen molar-refractivity contribution >= 4 is 9.84 Å². The van der Waals surface area contributed by atoms with Crippen molar-refractivity contribution in [3.8, 4) is 23.1 Å². The molecule has 2 aromatic carbocycles. The minimum atomic E-state index is -4.55. The molecular weight excluding hydrogens is 547 g/mol. The van der Waals surface area contributed by atoms with E-state index in [2.05, 4.69) is 16.0 Å². The summed E-state index contributed by atoms with van der Waals surface area (Å²) in [7, 11) is -3.09. The number of halogens is 1. The number of hydrogen-bond donors (Lipinski definition) is 1. The number of sulfone groups is 1. The molecule has 4 rings (SSSR count). The predicted octanol–water partition coefficient (Wildman–Crippen LogP) is 4.74. The lowest BCUT2D eigenvalue weighted by atomic mass is 10.0. The fourth-order valence-corrected chi connectivity index (χ4v) is 6.01. The van der Waals surface area contributed by atoms with Crippen molar-refractivity contribution in [3.63, 3.8) is 0 Å². The average Bonchev–Trinajstić information content (AvgIpc) is 2.96. The highest BCUT2D eigenvalue weighted by molar-refractivity contribution is 7.91. The standard InChI is InChI=1S/C30H29FN4O5S/c1-4-5-9-26-34-29(36)27(30(37)35(26)25(18-40-3)22-8-6-7-20(16-22)17-32)41(38,39)23-12-10-21(11-13-23)24-14-15-33-28(31)19(24)2/h6-8,10-16,25,37H,4-5,9,18H2,1-3H3. The maximum absolute atomic E-state index is 14.0. The maximum atomic E-state index is 14.0. The highest BCUT2D eigenvalue weighted by atomic mass is 32.2. The first-order chi connectivity index (χ1) is 19.6. The Bertz CT molecular complexity index is 1780. The lowest BCUT2D eigenvalue weighted by molar-refractivity contribution is 0.161. The molecule has 11 heteroatoms. The summed E-state index contributed by atoms with van der Waals surface area (Å²) in [6.45, 7) is 3.52. The molecule has 2 aromatic heterocycles. The third-order valence-corrected chi connectivity index (χ3v) is 8.60. The third kappa shape index (κ3) is 5.89. The second-order valence-corrected chi connectivity index (χ2v) is 11.4. The van der Waals surface area contributed by atoms with Crippen molar-refractivity contribution in [2.75, 3.05) is 13.7 Å². The minimum Gasteiger partial charge on any atom is -0.493 e. The molecule has 1 atom stereocenters. The second-order valence-electron chi connectivity index (χ2n) is 9.47. The average molecular weight is 577 g/mol. The molecule has 1 N–H and O–H groups in total. The van der Waals surface area contributed by atoms with E-state index in [-0.39, 0.29) is 17.3 Å². The number of ether oxygens (including phenoxy) is 1. The molecule has 0 bridgehead atoms. The fourth-order valence-electron chi connectivity index (χ4n) is 4.67. The number of methoxy groups -OCH3 is 1. The molecule has 0 aliphatic carbocycles. The lowest BCUT2D eigenvalue weighted by Crippen LogP contribution is -2.29. The number of aryl methyl sites for hydroxylation is 1. The first-order valence-corrected chi connectivity index (χ1v) is 14.4. The van der Waals surface area contributed by atoms with Crippen LogP contribution in [-0.2, 0) is 21.0 Å². The van der Waals surface area contributed by atoms with E-state index in [1.165, 1.54) is 42.1 Å². The van der Waals surface area contributed by atoms with Gasteiger partial charge in [0.1, 0.15) is 5.82 Å². The molecule has 41 heavy (non-hydrogen) atoms. The number of pyridine rings is 1. The molecule has 0 amide bonds. The van der Waals surface area contributed by atoms with Crippen LogP contribution in [0.25, 0.3) is 11.1 Å². The third-order valence-electron chi connectivity index (χ3n) is 6.81. The van der Waals surface area contributed by atoms with Gasteiger partial charge in [0, 0.05) is 25.3 Å². The molecule has 0 saturated heterocycles. The monoisotopic (exact) mass is 576 g/mol. The van der Waals surface area contributed by atoms with Crippen molar-refractivity contribution in [1.29, 1.82) is 5.26 Å². The van der Waals surface area contributed by atoms with Gasteiger partial charge in [0.15, 0.2) is 4.90 Å². The summed E-state index contributed by atoms with van der Waals surface area (Å²) in [5.74, 6) is -1.20. The summed E-state index contributed by atoms with van der Waals surface area (Å²) >= 11 is 0. The van der Waals surface area contributed by atoms with Crippen LogP contribution in [0, 0.1) is 24.2 Å². The molecule has 0 aliphatic rings. The van der Waals surface area contributed by atoms with E-state index in [9.17, 15) is 28.0 Å². The summed E-state index contributed by atoms with van der Waals surface area (Å²) in [4.78, 5) is 19.8. The van der Waals surface area contributed by atoms with Crippen LogP contribution in [0.1, 0.15) is 48.3 Å². The van der Waals surface area contributed by atoms with Gasteiger partial charge in [-0.05, 0) is 60.4 Å². The number of benzene rings is 2. The van der Waals surface area contributed by atoms with E-state index in [4.69, 9.17) is 4.74 Å². The van der Waals surface area contributed by atoms with E-state index in [1.54, 1.807) is 37.3 Å². The number of hydrogen-bond acceptors (Lipinski definition) is 8. The molecule has 212 valence electrons. The van der Waals surface area contributed by atoms with Crippen LogP contribution in [0.3, 0.4) is 0 Å². The van der Waals surface area contributed by atoms with Crippen molar-refractivity contribution in [2.45, 2.75) is 48.9 Å². The van der Waals surface area contributed by atoms with Crippen LogP contribution in [-0.4, -0.2) is 41.8 Å². The van der Waals surface area contributed by atoms with Gasteiger partial charge in [-0.3, -0.25) is 9.36 Å². The van der Waals surface area contributed by atoms with Crippen LogP contribution >= 0.6 is 0 Å². The molecule has 4 aromatic rings. The van der Waals surface area contributed by atoms with Gasteiger partial charge in [-0.25, -0.2) is 13.4 Å². The first kappa shape index (κ1) is 29.6. The van der Waals surface area contributed by atoms with Gasteiger partial charge < -0.3 is 9.84 Å². The van der Waals surface area contributed by atoms with E-state index in [0.29, 0.717) is 40.7 Å². The smallest absolute Gasteiger partial charge is 0.296 e. The van der Waals surface area contributed by atoms with Crippen molar-refractivity contribution in [2.24, 2.45) is 0 Å². The zero-order valence-electron chi connectivity index (χ0n) is 22.8. The second kappa shape index (κ2) is 12.4. The first-order valence-electron chi connectivity index (χ1n) is 12.9. The quantitative estimate of drug-likeness (QED) is 0.268. The van der Waals surface area contributed by atoms with Gasteiger partial charge in [0.25, 0.3) is 5.56 Å². The number of nitriles is 1. The van der Waals surface area contributed by atoms with Gasteiger partial charge in [-0.1, -0.05) is 37.6 Å². The molecule has 1 unspecified atom stereocenters. The van der Waals surface area contributed by atoms with Crippen LogP contribution in [0.4, 0.5) is 4.39 Å². The van der Waals surface area contributed by atoms with Gasteiger partial charge >= 0.3 is 0 Å². The van der Waals surface area contributed by atoms with Crippen LogP contribution in [0.5, 0.6) is 5.88 Å².